The van der Waals surface area contributed by atoms with Crippen molar-refractivity contribution in [3.63, 3.8) is 0 Å². The maximum absolute atomic E-state index is 11.3. The Balaban J connectivity index is 2.95. The van der Waals surface area contributed by atoms with Gasteiger partial charge >= 0.3 is 0 Å². The number of nitrogens with zero attached hydrogens (tertiary/aromatic N) is 1. The summed E-state index contributed by atoms with van der Waals surface area (Å²) in [6, 6.07) is 7.14. The van der Waals surface area contributed by atoms with Crippen LogP contribution in [0.2, 0.25) is 0 Å². The summed E-state index contributed by atoms with van der Waals surface area (Å²) in [6.45, 7) is 1.98. The summed E-state index contributed by atoms with van der Waals surface area (Å²) in [4.78, 5) is 4.03. The van der Waals surface area contributed by atoms with Gasteiger partial charge in [-0.05, 0) is 24.6 Å². The highest BCUT2D eigenvalue weighted by Gasteiger charge is 2.02. The number of pyridine rings is 1. The number of rotatable bonds is 0. The first-order valence-electron chi connectivity index (χ1n) is 3.80. The van der Waals surface area contributed by atoms with Gasteiger partial charge in [0.1, 0.15) is 5.52 Å². The second-order valence-corrected chi connectivity index (χ2v) is 2.78. The summed E-state index contributed by atoms with van der Waals surface area (Å²) in [5.41, 5.74) is 1.66. The lowest BCUT2D eigenvalue weighted by Gasteiger charge is -1.99. The van der Waals surface area contributed by atoms with Gasteiger partial charge in [-0.2, -0.15) is 0 Å². The van der Waals surface area contributed by atoms with E-state index in [0.29, 0.717) is 5.52 Å². The molecule has 2 aromatic rings. The molecule has 2 nitrogen and oxygen atoms in total. The monoisotopic (exact) mass is 158 g/mol. The fourth-order valence-corrected chi connectivity index (χ4v) is 1.29. The molecular formula is C10H8NO. The van der Waals surface area contributed by atoms with Crippen molar-refractivity contribution in [2.75, 3.05) is 0 Å². The lowest BCUT2D eigenvalue weighted by atomic mass is 10.1. The Kier molecular flexibility index (Phi) is 1.47. The van der Waals surface area contributed by atoms with Gasteiger partial charge in [0.05, 0.1) is 0 Å². The first-order chi connectivity index (χ1) is 5.79. The summed E-state index contributed by atoms with van der Waals surface area (Å²) in [6.07, 6.45) is 1.64. The van der Waals surface area contributed by atoms with Crippen molar-refractivity contribution in [3.8, 4) is 5.75 Å². The van der Waals surface area contributed by atoms with Crippen LogP contribution in [0.3, 0.4) is 0 Å². The van der Waals surface area contributed by atoms with E-state index in [2.05, 4.69) is 4.98 Å². The van der Waals surface area contributed by atoms with Crippen LogP contribution in [0.4, 0.5) is 0 Å². The Morgan fingerprint density at radius 2 is 2.08 bits per heavy atom. The van der Waals surface area contributed by atoms with Crippen LogP contribution in [0, 0.1) is 6.92 Å². The second-order valence-electron chi connectivity index (χ2n) is 2.78. The summed E-state index contributed by atoms with van der Waals surface area (Å²) >= 11 is 0. The van der Waals surface area contributed by atoms with Gasteiger partial charge in [0.2, 0.25) is 5.75 Å². The standard InChI is InChI=1S/C10H8NO/c1-7-4-5-9(12)10-8(7)3-2-6-11-10/h2-6H,1H3. The van der Waals surface area contributed by atoms with Crippen LogP contribution in [0.1, 0.15) is 5.56 Å². The Morgan fingerprint density at radius 3 is 2.83 bits per heavy atom. The molecule has 0 saturated carbocycles. The Bertz CT molecular complexity index is 383. The van der Waals surface area contributed by atoms with Gasteiger partial charge in [-0.3, -0.25) is 10.1 Å². The van der Waals surface area contributed by atoms with E-state index >= 15 is 0 Å². The molecule has 0 N–H and O–H groups in total. The third-order valence-electron chi connectivity index (χ3n) is 1.95. The van der Waals surface area contributed by atoms with E-state index in [1.165, 1.54) is 0 Å². The third kappa shape index (κ3) is 0.925. The molecule has 0 atom stereocenters. The number of hydrogen-bond acceptors (Lipinski definition) is 1. The SMILES string of the molecule is Cc1ccc([O])c2ncccc12. The van der Waals surface area contributed by atoms with Gasteiger partial charge in [0.25, 0.3) is 0 Å². The van der Waals surface area contributed by atoms with E-state index < -0.39 is 0 Å². The molecule has 0 aliphatic rings. The van der Waals surface area contributed by atoms with Gasteiger partial charge < -0.3 is 0 Å². The van der Waals surface area contributed by atoms with Gasteiger partial charge in [-0.15, -0.1) is 0 Å². The zero-order chi connectivity index (χ0) is 8.55. The van der Waals surface area contributed by atoms with Crippen LogP contribution >= 0.6 is 0 Å². The van der Waals surface area contributed by atoms with Crippen molar-refractivity contribution in [1.29, 1.82) is 0 Å². The predicted molar refractivity (Wildman–Crippen MR) is 46.6 cm³/mol. The molecule has 0 amide bonds. The van der Waals surface area contributed by atoms with Crippen molar-refractivity contribution in [2.45, 2.75) is 6.92 Å². The summed E-state index contributed by atoms with van der Waals surface area (Å²) in [5.74, 6) is -0.00352. The van der Waals surface area contributed by atoms with Crippen molar-refractivity contribution in [2.24, 2.45) is 0 Å². The molecule has 0 aliphatic carbocycles. The highest BCUT2D eigenvalue weighted by Crippen LogP contribution is 2.24. The molecule has 2 rings (SSSR count). The van der Waals surface area contributed by atoms with Crippen molar-refractivity contribution >= 4 is 10.9 Å². The minimum Gasteiger partial charge on any atom is -0.288 e. The van der Waals surface area contributed by atoms with Crippen LogP contribution in [0.15, 0.2) is 30.5 Å². The minimum absolute atomic E-state index is 0.00352. The van der Waals surface area contributed by atoms with Crippen LogP contribution in [0.25, 0.3) is 10.9 Å². The molecule has 2 heteroatoms. The number of hydrogen-bond donors (Lipinski definition) is 0. The van der Waals surface area contributed by atoms with Gasteiger partial charge in [0.15, 0.2) is 0 Å². The molecular weight excluding hydrogens is 150 g/mol. The number of benzene rings is 1. The molecule has 0 bridgehead atoms. The molecule has 1 heterocycles. The van der Waals surface area contributed by atoms with E-state index in [0.717, 1.165) is 10.9 Å². The number of aryl methyl sites for hydroxylation is 1. The van der Waals surface area contributed by atoms with E-state index in [-0.39, 0.29) is 5.75 Å². The molecule has 0 spiro atoms. The molecule has 59 valence electrons. The molecule has 0 saturated heterocycles. The third-order valence-corrected chi connectivity index (χ3v) is 1.95. The summed E-state index contributed by atoms with van der Waals surface area (Å²) < 4.78 is 0. The van der Waals surface area contributed by atoms with Crippen LogP contribution < -0.4 is 0 Å². The van der Waals surface area contributed by atoms with Crippen molar-refractivity contribution in [3.05, 3.63) is 36.0 Å². The predicted octanol–water partition coefficient (Wildman–Crippen LogP) is 2.69. The first-order valence-corrected chi connectivity index (χ1v) is 3.80. The Morgan fingerprint density at radius 1 is 1.25 bits per heavy atom. The molecule has 0 fully saturated rings. The molecule has 0 aliphatic heterocycles. The van der Waals surface area contributed by atoms with E-state index in [1.807, 2.05) is 25.1 Å². The van der Waals surface area contributed by atoms with Crippen LogP contribution in [-0.2, 0) is 5.11 Å². The molecule has 1 radical (unpaired) electrons. The van der Waals surface area contributed by atoms with Gasteiger partial charge in [0, 0.05) is 11.6 Å². The topological polar surface area (TPSA) is 32.8 Å². The highest BCUT2D eigenvalue weighted by molar-refractivity contribution is 5.86. The Hall–Kier alpha value is -1.57. The van der Waals surface area contributed by atoms with Crippen molar-refractivity contribution in [1.82, 2.24) is 4.98 Å². The zero-order valence-corrected chi connectivity index (χ0v) is 6.74. The molecule has 12 heavy (non-hydrogen) atoms. The van der Waals surface area contributed by atoms with E-state index in [9.17, 15) is 5.11 Å². The summed E-state index contributed by atoms with van der Waals surface area (Å²) in [5, 5.41) is 12.2. The lowest BCUT2D eigenvalue weighted by Crippen LogP contribution is -1.80. The van der Waals surface area contributed by atoms with E-state index in [1.54, 1.807) is 12.3 Å². The second kappa shape index (κ2) is 2.48. The number of aromatic nitrogens is 1. The molecule has 0 unspecified atom stereocenters. The quantitative estimate of drug-likeness (QED) is 0.580. The average molecular weight is 158 g/mol. The first kappa shape index (κ1) is 7.10. The lowest BCUT2D eigenvalue weighted by molar-refractivity contribution is 0.359. The van der Waals surface area contributed by atoms with Crippen LogP contribution in [-0.4, -0.2) is 4.98 Å². The fraction of sp³-hybridized carbons (Fsp3) is 0.100. The summed E-state index contributed by atoms with van der Waals surface area (Å²) in [7, 11) is 0. The largest absolute Gasteiger partial charge is 0.288 e. The fourth-order valence-electron chi connectivity index (χ4n) is 1.29. The number of fused-ring (bicyclic) bond motifs is 1. The zero-order valence-electron chi connectivity index (χ0n) is 6.74. The normalized spacial score (nSPS) is 10.4. The molecule has 1 aromatic carbocycles. The van der Waals surface area contributed by atoms with E-state index in [4.69, 9.17) is 0 Å². The smallest absolute Gasteiger partial charge is 0.204 e. The minimum atomic E-state index is -0.00352. The van der Waals surface area contributed by atoms with Crippen LogP contribution in [0.5, 0.6) is 5.75 Å². The Labute approximate surface area is 70.5 Å². The maximum Gasteiger partial charge on any atom is 0.204 e. The average Bonchev–Trinajstić information content (AvgIpc) is 2.12. The van der Waals surface area contributed by atoms with Crippen molar-refractivity contribution < 1.29 is 5.11 Å². The maximum atomic E-state index is 11.3. The van der Waals surface area contributed by atoms with Gasteiger partial charge in [-0.1, -0.05) is 12.1 Å². The van der Waals surface area contributed by atoms with Gasteiger partial charge in [-0.25, -0.2) is 0 Å². The highest BCUT2D eigenvalue weighted by atomic mass is 16.3. The molecule has 1 aromatic heterocycles.